The number of hydrogen-bond donors (Lipinski definition) is 2. The maximum atomic E-state index is 12.1. The monoisotopic (exact) mass is 326 g/mol. The molecule has 24 heavy (non-hydrogen) atoms. The van der Waals surface area contributed by atoms with Crippen molar-refractivity contribution in [3.8, 4) is 5.69 Å². The molecule has 0 spiro atoms. The van der Waals surface area contributed by atoms with E-state index in [9.17, 15) is 4.79 Å². The molecular formula is C19H26N4O. The predicted octanol–water partition coefficient (Wildman–Crippen LogP) is 3.55. The summed E-state index contributed by atoms with van der Waals surface area (Å²) in [5.41, 5.74) is 3.35. The van der Waals surface area contributed by atoms with Crippen LogP contribution in [0.15, 0.2) is 41.3 Å². The number of nitrogens with one attached hydrogen (secondary N) is 2. The Bertz CT molecular complexity index is 829. The van der Waals surface area contributed by atoms with Crippen LogP contribution in [0.2, 0.25) is 0 Å². The minimum Gasteiger partial charge on any atom is -0.343 e. The molecule has 0 unspecified atom stereocenters. The largest absolute Gasteiger partial charge is 0.354 e. The molecule has 0 saturated carbocycles. The van der Waals surface area contributed by atoms with Gasteiger partial charge in [0.05, 0.1) is 5.69 Å². The van der Waals surface area contributed by atoms with Crippen LogP contribution in [-0.4, -0.2) is 21.6 Å². The van der Waals surface area contributed by atoms with Crippen LogP contribution >= 0.6 is 0 Å². The normalized spacial score (nSPS) is 10.5. The third-order valence-corrected chi connectivity index (χ3v) is 3.74. The number of H-pyrrole nitrogens is 1. The van der Waals surface area contributed by atoms with Crippen molar-refractivity contribution in [2.45, 2.75) is 40.2 Å². The number of aromatic amines is 1. The van der Waals surface area contributed by atoms with Crippen molar-refractivity contribution in [2.75, 3.05) is 7.05 Å². The van der Waals surface area contributed by atoms with Gasteiger partial charge in [0.15, 0.2) is 0 Å². The van der Waals surface area contributed by atoms with Crippen molar-refractivity contribution < 1.29 is 0 Å². The summed E-state index contributed by atoms with van der Waals surface area (Å²) < 4.78 is 1.57. The molecule has 0 bridgehead atoms. The van der Waals surface area contributed by atoms with Gasteiger partial charge in [0.25, 0.3) is 0 Å². The molecule has 5 nitrogen and oxygen atoms in total. The van der Waals surface area contributed by atoms with Crippen LogP contribution in [0.25, 0.3) is 16.7 Å². The standard InChI is InChI=1S/C15H16N4O.C4H10/c1-10-7-12-9-19(15(20)18-14(12)17-10)13-5-3-11(4-6-13)8-16-2;1-3-4-2/h3-7,9,16H,8H2,1-2H3,(H,17,18,20);3-4H2,1-2H3. The van der Waals surface area contributed by atoms with E-state index in [2.05, 4.69) is 29.1 Å². The van der Waals surface area contributed by atoms with E-state index < -0.39 is 0 Å². The van der Waals surface area contributed by atoms with E-state index in [0.717, 1.165) is 23.3 Å². The highest BCUT2D eigenvalue weighted by atomic mass is 16.1. The van der Waals surface area contributed by atoms with Crippen LogP contribution < -0.4 is 11.0 Å². The number of aromatic nitrogens is 3. The Balaban J connectivity index is 0.000000471. The average Bonchev–Trinajstić information content (AvgIpc) is 2.94. The van der Waals surface area contributed by atoms with E-state index in [1.165, 1.54) is 18.4 Å². The Morgan fingerprint density at radius 3 is 2.42 bits per heavy atom. The second-order valence-electron chi connectivity index (χ2n) is 5.85. The molecule has 0 aliphatic heterocycles. The molecule has 0 saturated heterocycles. The first-order valence-corrected chi connectivity index (χ1v) is 8.42. The summed E-state index contributed by atoms with van der Waals surface area (Å²) in [6.45, 7) is 7.12. The molecule has 0 aliphatic rings. The lowest BCUT2D eigenvalue weighted by Crippen LogP contribution is -2.20. The third-order valence-electron chi connectivity index (χ3n) is 3.74. The van der Waals surface area contributed by atoms with Crippen LogP contribution in [0, 0.1) is 6.92 Å². The highest BCUT2D eigenvalue weighted by molar-refractivity contribution is 5.75. The topological polar surface area (TPSA) is 62.7 Å². The Morgan fingerprint density at radius 1 is 1.17 bits per heavy atom. The van der Waals surface area contributed by atoms with Gasteiger partial charge in [-0.1, -0.05) is 38.8 Å². The molecule has 0 amide bonds. The summed E-state index contributed by atoms with van der Waals surface area (Å²) in [7, 11) is 1.91. The fraction of sp³-hybridized carbons (Fsp3) is 0.368. The Hall–Kier alpha value is -2.40. The third kappa shape index (κ3) is 4.32. The maximum absolute atomic E-state index is 12.1. The minimum absolute atomic E-state index is 0.277. The van der Waals surface area contributed by atoms with Gasteiger partial charge >= 0.3 is 5.69 Å². The SMILES string of the molecule is CCCC.CNCc1ccc(-n2cc3cc(C)[nH]c3nc2=O)cc1. The first-order valence-electron chi connectivity index (χ1n) is 8.42. The predicted molar refractivity (Wildman–Crippen MR) is 99.8 cm³/mol. The van der Waals surface area contributed by atoms with Gasteiger partial charge in [-0.15, -0.1) is 0 Å². The van der Waals surface area contributed by atoms with Crippen LogP contribution in [0.4, 0.5) is 0 Å². The summed E-state index contributed by atoms with van der Waals surface area (Å²) in [4.78, 5) is 19.2. The van der Waals surface area contributed by atoms with Gasteiger partial charge in [-0.05, 0) is 37.7 Å². The minimum atomic E-state index is -0.277. The van der Waals surface area contributed by atoms with Crippen molar-refractivity contribution in [3.05, 3.63) is 58.3 Å². The van der Waals surface area contributed by atoms with Gasteiger partial charge in [0.1, 0.15) is 5.65 Å². The fourth-order valence-electron chi connectivity index (χ4n) is 2.29. The van der Waals surface area contributed by atoms with Gasteiger partial charge in [-0.2, -0.15) is 4.98 Å². The van der Waals surface area contributed by atoms with E-state index in [0.29, 0.717) is 5.65 Å². The molecule has 2 N–H and O–H groups in total. The van der Waals surface area contributed by atoms with Crippen LogP contribution in [-0.2, 0) is 6.54 Å². The summed E-state index contributed by atoms with van der Waals surface area (Å²) in [5, 5.41) is 4.03. The van der Waals surface area contributed by atoms with E-state index in [1.54, 1.807) is 4.57 Å². The van der Waals surface area contributed by atoms with Crippen molar-refractivity contribution in [2.24, 2.45) is 0 Å². The second kappa shape index (κ2) is 8.45. The quantitative estimate of drug-likeness (QED) is 0.771. The van der Waals surface area contributed by atoms with Crippen molar-refractivity contribution in [3.63, 3.8) is 0 Å². The number of benzene rings is 1. The lowest BCUT2D eigenvalue weighted by Gasteiger charge is -2.06. The second-order valence-corrected chi connectivity index (χ2v) is 5.85. The lowest BCUT2D eigenvalue weighted by molar-refractivity contribution is 0.816. The highest BCUT2D eigenvalue weighted by Gasteiger charge is 2.06. The fourth-order valence-corrected chi connectivity index (χ4v) is 2.29. The summed E-state index contributed by atoms with van der Waals surface area (Å²) >= 11 is 0. The Labute approximate surface area is 142 Å². The number of nitrogens with zero attached hydrogens (tertiary/aromatic N) is 2. The summed E-state index contributed by atoms with van der Waals surface area (Å²) in [5.74, 6) is 0. The van der Waals surface area contributed by atoms with Crippen LogP contribution in [0.3, 0.4) is 0 Å². The molecule has 2 heterocycles. The molecule has 0 atom stereocenters. The number of fused-ring (bicyclic) bond motifs is 1. The molecule has 3 aromatic rings. The van der Waals surface area contributed by atoms with Gasteiger partial charge in [0.2, 0.25) is 0 Å². The van der Waals surface area contributed by atoms with Crippen LogP contribution in [0.5, 0.6) is 0 Å². The van der Waals surface area contributed by atoms with E-state index in [-0.39, 0.29) is 5.69 Å². The van der Waals surface area contributed by atoms with Gasteiger partial charge in [-0.25, -0.2) is 4.79 Å². The van der Waals surface area contributed by atoms with Gasteiger partial charge < -0.3 is 10.3 Å². The summed E-state index contributed by atoms with van der Waals surface area (Å²) in [6.07, 6.45) is 4.46. The lowest BCUT2D eigenvalue weighted by atomic mass is 10.2. The smallest absolute Gasteiger partial charge is 0.343 e. The molecular weight excluding hydrogens is 300 g/mol. The van der Waals surface area contributed by atoms with Crippen molar-refractivity contribution >= 4 is 11.0 Å². The van der Waals surface area contributed by atoms with Gasteiger partial charge in [0, 0.05) is 23.8 Å². The molecule has 2 aromatic heterocycles. The Morgan fingerprint density at radius 2 is 1.83 bits per heavy atom. The molecule has 3 rings (SSSR count). The van der Waals surface area contributed by atoms with Crippen LogP contribution in [0.1, 0.15) is 37.9 Å². The highest BCUT2D eigenvalue weighted by Crippen LogP contribution is 2.13. The molecule has 128 valence electrons. The zero-order valence-corrected chi connectivity index (χ0v) is 14.9. The average molecular weight is 326 g/mol. The van der Waals surface area contributed by atoms with E-state index in [4.69, 9.17) is 0 Å². The van der Waals surface area contributed by atoms with Crippen molar-refractivity contribution in [1.29, 1.82) is 0 Å². The molecule has 5 heteroatoms. The summed E-state index contributed by atoms with van der Waals surface area (Å²) in [6, 6.07) is 9.85. The number of unbranched alkanes of at least 4 members (excludes halogenated alkanes) is 1. The Kier molecular flexibility index (Phi) is 6.32. The van der Waals surface area contributed by atoms with Crippen molar-refractivity contribution in [1.82, 2.24) is 19.9 Å². The molecule has 1 aromatic carbocycles. The number of aryl methyl sites for hydroxylation is 1. The first kappa shape index (κ1) is 17.9. The number of rotatable bonds is 4. The van der Waals surface area contributed by atoms with E-state index in [1.807, 2.05) is 50.5 Å². The van der Waals surface area contributed by atoms with Gasteiger partial charge in [-0.3, -0.25) is 4.57 Å². The first-order chi connectivity index (χ1) is 11.6. The van der Waals surface area contributed by atoms with E-state index >= 15 is 0 Å². The zero-order chi connectivity index (χ0) is 17.5. The molecule has 0 fully saturated rings. The maximum Gasteiger partial charge on any atom is 0.354 e. The number of hydrogen-bond acceptors (Lipinski definition) is 3. The molecule has 0 radical (unpaired) electrons. The zero-order valence-electron chi connectivity index (χ0n) is 14.9. The molecule has 0 aliphatic carbocycles.